The summed E-state index contributed by atoms with van der Waals surface area (Å²) < 4.78 is 0. The first-order valence-corrected chi connectivity index (χ1v) is 5.87. The molecule has 0 fully saturated rings. The van der Waals surface area contributed by atoms with E-state index in [0.717, 1.165) is 6.42 Å². The Hall–Kier alpha value is -1.10. The van der Waals surface area contributed by atoms with Crippen LogP contribution in [0.3, 0.4) is 0 Å². The number of amides is 1. The van der Waals surface area contributed by atoms with Gasteiger partial charge in [-0.2, -0.15) is 0 Å². The lowest BCUT2D eigenvalue weighted by molar-refractivity contribution is -0.151. The molecule has 0 bridgehead atoms. The molecule has 100 valence electrons. The van der Waals surface area contributed by atoms with Gasteiger partial charge < -0.3 is 16.2 Å². The zero-order valence-electron chi connectivity index (χ0n) is 11.3. The van der Waals surface area contributed by atoms with Gasteiger partial charge >= 0.3 is 5.97 Å². The van der Waals surface area contributed by atoms with E-state index in [9.17, 15) is 9.59 Å². The molecular formula is C12H24N2O3. The number of rotatable bonds is 6. The lowest BCUT2D eigenvalue weighted by Gasteiger charge is -2.39. The molecular weight excluding hydrogens is 220 g/mol. The quantitative estimate of drug-likeness (QED) is 0.652. The Morgan fingerprint density at radius 1 is 1.29 bits per heavy atom. The smallest absolute Gasteiger partial charge is 0.311 e. The second-order valence-corrected chi connectivity index (χ2v) is 5.44. The Balaban J connectivity index is 4.76. The van der Waals surface area contributed by atoms with E-state index in [4.69, 9.17) is 10.8 Å². The second-order valence-electron chi connectivity index (χ2n) is 5.44. The van der Waals surface area contributed by atoms with Crippen LogP contribution in [-0.4, -0.2) is 28.6 Å². The van der Waals surface area contributed by atoms with Gasteiger partial charge in [-0.15, -0.1) is 0 Å². The third-order valence-corrected chi connectivity index (χ3v) is 3.47. The second kappa shape index (κ2) is 5.49. The predicted octanol–water partition coefficient (Wildman–Crippen LogP) is 1.12. The Morgan fingerprint density at radius 2 is 1.76 bits per heavy atom. The lowest BCUT2D eigenvalue weighted by Crippen LogP contribution is -2.59. The highest BCUT2D eigenvalue weighted by molar-refractivity contribution is 5.84. The van der Waals surface area contributed by atoms with Crippen molar-refractivity contribution in [3.63, 3.8) is 0 Å². The van der Waals surface area contributed by atoms with Crippen molar-refractivity contribution in [2.24, 2.45) is 11.1 Å². The first-order valence-electron chi connectivity index (χ1n) is 5.87. The summed E-state index contributed by atoms with van der Waals surface area (Å²) in [7, 11) is 0. The summed E-state index contributed by atoms with van der Waals surface area (Å²) in [6.45, 7) is 8.50. The molecule has 0 unspecified atom stereocenters. The third-order valence-electron chi connectivity index (χ3n) is 3.47. The first kappa shape index (κ1) is 15.9. The van der Waals surface area contributed by atoms with Gasteiger partial charge in [0.25, 0.3) is 0 Å². The molecule has 0 aliphatic carbocycles. The van der Waals surface area contributed by atoms with Crippen molar-refractivity contribution in [2.75, 3.05) is 0 Å². The Kier molecular flexibility index (Phi) is 5.13. The number of aliphatic carboxylic acids is 1. The maximum absolute atomic E-state index is 11.8. The molecule has 0 aromatic rings. The van der Waals surface area contributed by atoms with E-state index in [-0.39, 0.29) is 5.91 Å². The largest absolute Gasteiger partial charge is 0.481 e. The highest BCUT2D eigenvalue weighted by atomic mass is 16.4. The molecule has 0 rings (SSSR count). The van der Waals surface area contributed by atoms with Gasteiger partial charge in [0.05, 0.1) is 17.0 Å². The van der Waals surface area contributed by atoms with Crippen LogP contribution in [-0.2, 0) is 9.59 Å². The van der Waals surface area contributed by atoms with Crippen LogP contribution in [0.1, 0.15) is 47.5 Å². The number of carboxylic acids is 1. The van der Waals surface area contributed by atoms with Gasteiger partial charge in [0.15, 0.2) is 0 Å². The molecule has 5 nitrogen and oxygen atoms in total. The normalized spacial score (nSPS) is 14.2. The van der Waals surface area contributed by atoms with E-state index in [1.54, 1.807) is 27.7 Å². The van der Waals surface area contributed by atoms with Crippen molar-refractivity contribution in [3.8, 4) is 0 Å². The van der Waals surface area contributed by atoms with Crippen LogP contribution in [0.15, 0.2) is 0 Å². The zero-order valence-corrected chi connectivity index (χ0v) is 11.3. The summed E-state index contributed by atoms with van der Waals surface area (Å²) in [5, 5.41) is 11.9. The number of carboxylic acid groups (broad SMARTS) is 1. The Morgan fingerprint density at radius 3 is 2.12 bits per heavy atom. The number of carbonyl (C=O) groups excluding carboxylic acids is 1. The van der Waals surface area contributed by atoms with Gasteiger partial charge in [0, 0.05) is 0 Å². The van der Waals surface area contributed by atoms with Crippen LogP contribution in [0.4, 0.5) is 0 Å². The van der Waals surface area contributed by atoms with Gasteiger partial charge in [-0.05, 0) is 34.1 Å². The minimum Gasteiger partial charge on any atom is -0.481 e. The molecule has 0 saturated heterocycles. The molecule has 0 heterocycles. The van der Waals surface area contributed by atoms with Crippen molar-refractivity contribution in [1.29, 1.82) is 0 Å². The molecule has 0 radical (unpaired) electrons. The average Bonchev–Trinajstić information content (AvgIpc) is 2.16. The van der Waals surface area contributed by atoms with E-state index < -0.39 is 23.0 Å². The molecule has 1 amide bonds. The summed E-state index contributed by atoms with van der Waals surface area (Å²) in [4.78, 5) is 23.0. The van der Waals surface area contributed by atoms with Crippen LogP contribution in [0.5, 0.6) is 0 Å². The minimum absolute atomic E-state index is 0.300. The fourth-order valence-electron chi connectivity index (χ4n) is 1.27. The summed E-state index contributed by atoms with van der Waals surface area (Å²) in [6.07, 6.45) is 1.41. The molecule has 0 saturated carbocycles. The molecule has 0 aromatic heterocycles. The van der Waals surface area contributed by atoms with Crippen LogP contribution >= 0.6 is 0 Å². The van der Waals surface area contributed by atoms with E-state index >= 15 is 0 Å². The lowest BCUT2D eigenvalue weighted by atomic mass is 9.74. The average molecular weight is 244 g/mol. The summed E-state index contributed by atoms with van der Waals surface area (Å²) in [6, 6.07) is -0.580. The SMILES string of the molecule is CCC[C@@H](N)C(=O)NC(C)(C)C(C)(C)C(=O)O. The van der Waals surface area contributed by atoms with Gasteiger partial charge in [-0.1, -0.05) is 13.3 Å². The molecule has 0 aliphatic heterocycles. The highest BCUT2D eigenvalue weighted by Gasteiger charge is 2.44. The van der Waals surface area contributed by atoms with Crippen molar-refractivity contribution in [3.05, 3.63) is 0 Å². The molecule has 17 heavy (non-hydrogen) atoms. The topological polar surface area (TPSA) is 92.4 Å². The minimum atomic E-state index is -1.06. The van der Waals surface area contributed by atoms with Gasteiger partial charge in [-0.25, -0.2) is 0 Å². The Labute approximate surface area is 103 Å². The monoisotopic (exact) mass is 244 g/mol. The number of hydrogen-bond donors (Lipinski definition) is 3. The third kappa shape index (κ3) is 3.70. The van der Waals surface area contributed by atoms with Gasteiger partial charge in [0.2, 0.25) is 5.91 Å². The molecule has 0 aromatic carbocycles. The maximum Gasteiger partial charge on any atom is 0.311 e. The van der Waals surface area contributed by atoms with E-state index in [0.29, 0.717) is 6.42 Å². The fourth-order valence-corrected chi connectivity index (χ4v) is 1.27. The van der Waals surface area contributed by atoms with Gasteiger partial charge in [0.1, 0.15) is 0 Å². The summed E-state index contributed by atoms with van der Waals surface area (Å²) in [5.74, 6) is -1.25. The van der Waals surface area contributed by atoms with Gasteiger partial charge in [-0.3, -0.25) is 9.59 Å². The number of nitrogens with two attached hydrogens (primary N) is 1. The molecule has 0 spiro atoms. The molecule has 4 N–H and O–H groups in total. The summed E-state index contributed by atoms with van der Waals surface area (Å²) in [5.41, 5.74) is 3.77. The van der Waals surface area contributed by atoms with Crippen LogP contribution in [0.2, 0.25) is 0 Å². The van der Waals surface area contributed by atoms with Crippen LogP contribution in [0, 0.1) is 5.41 Å². The molecule has 5 heteroatoms. The van der Waals surface area contributed by atoms with Crippen molar-refractivity contribution in [1.82, 2.24) is 5.32 Å². The zero-order chi connectivity index (χ0) is 13.9. The summed E-state index contributed by atoms with van der Waals surface area (Å²) >= 11 is 0. The van der Waals surface area contributed by atoms with E-state index in [1.807, 2.05) is 6.92 Å². The van der Waals surface area contributed by atoms with Crippen molar-refractivity contribution < 1.29 is 14.7 Å². The number of carbonyl (C=O) groups is 2. The van der Waals surface area contributed by atoms with E-state index in [2.05, 4.69) is 5.32 Å². The molecule has 1 atom stereocenters. The van der Waals surface area contributed by atoms with Crippen molar-refractivity contribution >= 4 is 11.9 Å². The van der Waals surface area contributed by atoms with Crippen LogP contribution in [0.25, 0.3) is 0 Å². The maximum atomic E-state index is 11.8. The Bertz CT molecular complexity index is 298. The standard InChI is InChI=1S/C12H24N2O3/c1-6-7-8(13)9(15)14-12(4,5)11(2,3)10(16)17/h8H,6-7,13H2,1-5H3,(H,14,15)(H,16,17)/t8-/m1/s1. The predicted molar refractivity (Wildman–Crippen MR) is 66.5 cm³/mol. The number of nitrogens with one attached hydrogen (secondary N) is 1. The van der Waals surface area contributed by atoms with Crippen molar-refractivity contribution in [2.45, 2.75) is 59.0 Å². The molecule has 0 aliphatic rings. The highest BCUT2D eigenvalue weighted by Crippen LogP contribution is 2.30. The van der Waals surface area contributed by atoms with Crippen LogP contribution < -0.4 is 11.1 Å². The first-order chi connectivity index (χ1) is 7.56. The van der Waals surface area contributed by atoms with E-state index in [1.165, 1.54) is 0 Å². The fraction of sp³-hybridized carbons (Fsp3) is 0.833. The number of hydrogen-bond acceptors (Lipinski definition) is 3.